The summed E-state index contributed by atoms with van der Waals surface area (Å²) in [6.07, 6.45) is 1.99. The molecule has 0 unspecified atom stereocenters. The number of carbonyl (C=O) groups excluding carboxylic acids is 1. The second kappa shape index (κ2) is 9.36. The molecule has 3 aromatic carbocycles. The minimum Gasteiger partial charge on any atom is -0.322 e. The molecule has 0 saturated heterocycles. The quantitative estimate of drug-likeness (QED) is 0.475. The average Bonchev–Trinajstić information content (AvgIpc) is 3.20. The van der Waals surface area contributed by atoms with Crippen molar-refractivity contribution in [3.05, 3.63) is 103 Å². The SMILES string of the molecule is CN(CC(=O)Nc1ccccc1F)Cc1cn(-c2ccccc2)nc1-c1ccccc1. The van der Waals surface area contributed by atoms with Crippen molar-refractivity contribution >= 4 is 11.6 Å². The molecule has 31 heavy (non-hydrogen) atoms. The minimum absolute atomic E-state index is 0.124. The summed E-state index contributed by atoms with van der Waals surface area (Å²) in [5, 5.41) is 7.43. The number of halogens is 1. The van der Waals surface area contributed by atoms with Gasteiger partial charge in [-0.25, -0.2) is 9.07 Å². The summed E-state index contributed by atoms with van der Waals surface area (Å²) in [7, 11) is 1.86. The van der Waals surface area contributed by atoms with E-state index in [1.807, 2.05) is 83.5 Å². The van der Waals surface area contributed by atoms with Gasteiger partial charge in [-0.15, -0.1) is 0 Å². The van der Waals surface area contributed by atoms with Crippen molar-refractivity contribution in [2.24, 2.45) is 0 Å². The summed E-state index contributed by atoms with van der Waals surface area (Å²) in [5.74, 6) is -0.724. The van der Waals surface area contributed by atoms with Crippen molar-refractivity contribution in [3.63, 3.8) is 0 Å². The Kier molecular flexibility index (Phi) is 6.19. The number of para-hydroxylation sites is 2. The molecule has 0 atom stereocenters. The number of likely N-dealkylation sites (N-methyl/N-ethyl adjacent to an activating group) is 1. The number of rotatable bonds is 7. The highest BCUT2D eigenvalue weighted by atomic mass is 19.1. The Morgan fingerprint density at radius 1 is 0.968 bits per heavy atom. The molecule has 6 heteroatoms. The molecule has 0 aliphatic heterocycles. The van der Waals surface area contributed by atoms with E-state index in [4.69, 9.17) is 5.10 Å². The van der Waals surface area contributed by atoms with Crippen LogP contribution in [-0.2, 0) is 11.3 Å². The topological polar surface area (TPSA) is 50.2 Å². The van der Waals surface area contributed by atoms with Gasteiger partial charge >= 0.3 is 0 Å². The van der Waals surface area contributed by atoms with Gasteiger partial charge in [0.1, 0.15) is 5.82 Å². The number of hydrogen-bond donors (Lipinski definition) is 1. The lowest BCUT2D eigenvalue weighted by Gasteiger charge is -2.16. The van der Waals surface area contributed by atoms with E-state index in [-0.39, 0.29) is 18.1 Å². The van der Waals surface area contributed by atoms with Crippen LogP contribution < -0.4 is 5.32 Å². The van der Waals surface area contributed by atoms with Gasteiger partial charge in [0.25, 0.3) is 0 Å². The summed E-state index contributed by atoms with van der Waals surface area (Å²) in [6.45, 7) is 0.640. The molecule has 1 aromatic heterocycles. The Hall–Kier alpha value is -3.77. The van der Waals surface area contributed by atoms with E-state index in [1.165, 1.54) is 6.07 Å². The van der Waals surface area contributed by atoms with Gasteiger partial charge in [-0.2, -0.15) is 5.10 Å². The zero-order chi connectivity index (χ0) is 21.6. The zero-order valence-corrected chi connectivity index (χ0v) is 17.2. The first-order chi connectivity index (χ1) is 15.1. The average molecular weight is 414 g/mol. The molecule has 0 aliphatic carbocycles. The van der Waals surface area contributed by atoms with Crippen LogP contribution in [0, 0.1) is 5.82 Å². The number of nitrogens with zero attached hydrogens (tertiary/aromatic N) is 3. The third kappa shape index (κ3) is 5.05. The summed E-state index contributed by atoms with van der Waals surface area (Å²) in [4.78, 5) is 14.3. The molecule has 1 heterocycles. The number of hydrogen-bond acceptors (Lipinski definition) is 3. The first-order valence-electron chi connectivity index (χ1n) is 10.0. The summed E-state index contributed by atoms with van der Waals surface area (Å²) in [6, 6.07) is 26.0. The van der Waals surface area contributed by atoms with E-state index in [2.05, 4.69) is 5.32 Å². The van der Waals surface area contributed by atoms with Crippen molar-refractivity contribution in [2.45, 2.75) is 6.54 Å². The maximum Gasteiger partial charge on any atom is 0.238 e. The normalized spacial score (nSPS) is 10.9. The fraction of sp³-hybridized carbons (Fsp3) is 0.120. The molecule has 156 valence electrons. The van der Waals surface area contributed by atoms with Crippen molar-refractivity contribution < 1.29 is 9.18 Å². The molecule has 4 rings (SSSR count). The molecule has 4 aromatic rings. The molecule has 1 N–H and O–H groups in total. The molecule has 1 amide bonds. The molecular weight excluding hydrogens is 391 g/mol. The van der Waals surface area contributed by atoms with Crippen LogP contribution in [-0.4, -0.2) is 34.2 Å². The Bertz CT molecular complexity index is 1160. The first-order valence-corrected chi connectivity index (χ1v) is 10.0. The lowest BCUT2D eigenvalue weighted by Crippen LogP contribution is -2.30. The summed E-state index contributed by atoms with van der Waals surface area (Å²) < 4.78 is 15.7. The Morgan fingerprint density at radius 3 is 2.32 bits per heavy atom. The highest BCUT2D eigenvalue weighted by molar-refractivity contribution is 5.92. The number of anilines is 1. The molecule has 0 spiro atoms. The highest BCUT2D eigenvalue weighted by Gasteiger charge is 2.16. The number of aromatic nitrogens is 2. The second-order valence-electron chi connectivity index (χ2n) is 7.35. The fourth-order valence-electron chi connectivity index (χ4n) is 3.42. The van der Waals surface area contributed by atoms with Gasteiger partial charge in [0.05, 0.1) is 23.6 Å². The Morgan fingerprint density at radius 2 is 1.61 bits per heavy atom. The van der Waals surface area contributed by atoms with Gasteiger partial charge in [-0.3, -0.25) is 9.69 Å². The van der Waals surface area contributed by atoms with Crippen LogP contribution in [0.4, 0.5) is 10.1 Å². The zero-order valence-electron chi connectivity index (χ0n) is 17.2. The smallest absolute Gasteiger partial charge is 0.238 e. The molecule has 0 saturated carbocycles. The number of amides is 1. The van der Waals surface area contributed by atoms with Crippen LogP contribution in [0.3, 0.4) is 0 Å². The van der Waals surface area contributed by atoms with Crippen molar-refractivity contribution in [1.82, 2.24) is 14.7 Å². The maximum atomic E-state index is 13.8. The van der Waals surface area contributed by atoms with Crippen molar-refractivity contribution in [3.8, 4) is 16.9 Å². The Balaban J connectivity index is 1.53. The predicted octanol–water partition coefficient (Wildman–Crippen LogP) is 4.75. The number of nitrogens with one attached hydrogen (secondary N) is 1. The van der Waals surface area contributed by atoms with Crippen LogP contribution in [0.2, 0.25) is 0 Å². The van der Waals surface area contributed by atoms with E-state index < -0.39 is 5.82 Å². The van der Waals surface area contributed by atoms with E-state index >= 15 is 0 Å². The summed E-state index contributed by atoms with van der Waals surface area (Å²) >= 11 is 0. The van der Waals surface area contributed by atoms with Crippen LogP contribution in [0.5, 0.6) is 0 Å². The lowest BCUT2D eigenvalue weighted by atomic mass is 10.1. The highest BCUT2D eigenvalue weighted by Crippen LogP contribution is 2.24. The van der Waals surface area contributed by atoms with Gasteiger partial charge < -0.3 is 5.32 Å². The van der Waals surface area contributed by atoms with Gasteiger partial charge in [0, 0.05) is 23.9 Å². The van der Waals surface area contributed by atoms with E-state index in [9.17, 15) is 9.18 Å². The van der Waals surface area contributed by atoms with E-state index in [1.54, 1.807) is 18.2 Å². The van der Waals surface area contributed by atoms with Crippen molar-refractivity contribution in [2.75, 3.05) is 18.9 Å². The van der Waals surface area contributed by atoms with Crippen LogP contribution in [0.25, 0.3) is 16.9 Å². The van der Waals surface area contributed by atoms with Crippen LogP contribution in [0.1, 0.15) is 5.56 Å². The predicted molar refractivity (Wildman–Crippen MR) is 120 cm³/mol. The monoisotopic (exact) mass is 414 g/mol. The van der Waals surface area contributed by atoms with Gasteiger partial charge in [-0.1, -0.05) is 60.7 Å². The maximum absolute atomic E-state index is 13.8. The summed E-state index contributed by atoms with van der Waals surface area (Å²) in [5.41, 5.74) is 4.02. The standard InChI is InChI=1S/C25H23FN4O/c1-29(18-24(31)27-23-15-9-8-14-22(23)26)16-20-17-30(21-12-6-3-7-13-21)28-25(20)19-10-4-2-5-11-19/h2-15,17H,16,18H2,1H3,(H,27,31). The van der Waals surface area contributed by atoms with Gasteiger partial charge in [-0.05, 0) is 31.3 Å². The first kappa shape index (κ1) is 20.5. The lowest BCUT2D eigenvalue weighted by molar-refractivity contribution is -0.117. The van der Waals surface area contributed by atoms with Gasteiger partial charge in [0.15, 0.2) is 0 Å². The van der Waals surface area contributed by atoms with Crippen molar-refractivity contribution in [1.29, 1.82) is 0 Å². The third-order valence-electron chi connectivity index (χ3n) is 4.86. The van der Waals surface area contributed by atoms with E-state index in [0.29, 0.717) is 6.54 Å². The van der Waals surface area contributed by atoms with Crippen LogP contribution >= 0.6 is 0 Å². The second-order valence-corrected chi connectivity index (χ2v) is 7.35. The molecule has 5 nitrogen and oxygen atoms in total. The number of benzene rings is 3. The van der Waals surface area contributed by atoms with Crippen LogP contribution in [0.15, 0.2) is 91.1 Å². The molecule has 0 aliphatic rings. The van der Waals surface area contributed by atoms with E-state index in [0.717, 1.165) is 22.5 Å². The third-order valence-corrected chi connectivity index (χ3v) is 4.86. The molecule has 0 radical (unpaired) electrons. The van der Waals surface area contributed by atoms with Gasteiger partial charge in [0.2, 0.25) is 5.91 Å². The fourth-order valence-corrected chi connectivity index (χ4v) is 3.42. The minimum atomic E-state index is -0.450. The molecule has 0 fully saturated rings. The Labute approximate surface area is 180 Å². The largest absolute Gasteiger partial charge is 0.322 e. The number of carbonyl (C=O) groups is 1. The molecule has 0 bridgehead atoms. The molecular formula is C25H23FN4O.